The summed E-state index contributed by atoms with van der Waals surface area (Å²) in [7, 11) is 1.47. The maximum Gasteiger partial charge on any atom is 0.332 e. The fourth-order valence-corrected chi connectivity index (χ4v) is 3.74. The third-order valence-electron chi connectivity index (χ3n) is 4.50. The number of ether oxygens (including phenoxy) is 1. The normalized spacial score (nSPS) is 29.4. The summed E-state index contributed by atoms with van der Waals surface area (Å²) in [6.07, 6.45) is 3.27. The molecule has 1 aliphatic heterocycles. The monoisotopic (exact) mass is 352 g/mol. The smallest absolute Gasteiger partial charge is 0.332 e. The van der Waals surface area contributed by atoms with Gasteiger partial charge in [-0.05, 0) is 54.2 Å². The van der Waals surface area contributed by atoms with E-state index in [1.807, 2.05) is 24.3 Å². The van der Waals surface area contributed by atoms with Gasteiger partial charge in [-0.25, -0.2) is 4.79 Å². The summed E-state index contributed by atoms with van der Waals surface area (Å²) in [5.41, 5.74) is 0.286. The molecule has 1 aliphatic carbocycles. The Morgan fingerprint density at radius 3 is 2.76 bits per heavy atom. The van der Waals surface area contributed by atoms with Crippen molar-refractivity contribution in [1.82, 2.24) is 4.90 Å². The zero-order valence-electron chi connectivity index (χ0n) is 12.4. The molecule has 3 rings (SSSR count). The van der Waals surface area contributed by atoms with Crippen molar-refractivity contribution in [2.75, 3.05) is 19.0 Å². The van der Waals surface area contributed by atoms with Gasteiger partial charge in [-0.1, -0.05) is 12.1 Å². The summed E-state index contributed by atoms with van der Waals surface area (Å²) < 4.78 is 6.07. The molecular formula is C16H21BrN2O2. The van der Waals surface area contributed by atoms with Crippen molar-refractivity contribution in [2.24, 2.45) is 0 Å². The first kappa shape index (κ1) is 14.9. The number of likely N-dealkylation sites (tertiary alicyclic amines) is 1. The molecule has 2 atom stereocenters. The van der Waals surface area contributed by atoms with E-state index in [1.54, 1.807) is 0 Å². The van der Waals surface area contributed by atoms with Gasteiger partial charge in [-0.3, -0.25) is 4.90 Å². The molecule has 2 fully saturated rings. The highest BCUT2D eigenvalue weighted by Gasteiger charge is 2.52. The Morgan fingerprint density at radius 2 is 2.14 bits per heavy atom. The molecule has 2 aliphatic rings. The number of esters is 1. The third kappa shape index (κ3) is 2.81. The number of nitrogens with zero attached hydrogens (tertiary/aromatic N) is 1. The molecule has 1 heterocycles. The van der Waals surface area contributed by atoms with Crippen molar-refractivity contribution in [1.29, 1.82) is 0 Å². The van der Waals surface area contributed by atoms with E-state index in [0.717, 1.165) is 16.6 Å². The van der Waals surface area contributed by atoms with Gasteiger partial charge in [0.05, 0.1) is 7.11 Å². The molecule has 0 spiro atoms. The number of carbonyl (C=O) groups is 1. The molecule has 1 saturated heterocycles. The van der Waals surface area contributed by atoms with Crippen LogP contribution in [-0.2, 0) is 9.53 Å². The Bertz CT molecular complexity index is 547. The van der Waals surface area contributed by atoms with Gasteiger partial charge in [0.15, 0.2) is 0 Å². The molecule has 1 saturated carbocycles. The molecule has 1 N–H and O–H groups in total. The SMILES string of the molecule is COC(=O)C1(Nc2ccccc2Br)CC(C)N(C2CC2)C1. The zero-order valence-corrected chi connectivity index (χ0v) is 14.0. The number of hydrogen-bond donors (Lipinski definition) is 1. The average Bonchev–Trinajstić information content (AvgIpc) is 3.25. The highest BCUT2D eigenvalue weighted by atomic mass is 79.9. The van der Waals surface area contributed by atoms with Crippen molar-refractivity contribution in [3.8, 4) is 0 Å². The molecule has 0 amide bonds. The number of rotatable bonds is 4. The quantitative estimate of drug-likeness (QED) is 0.845. The van der Waals surface area contributed by atoms with Crippen molar-refractivity contribution >= 4 is 27.6 Å². The number of para-hydroxylation sites is 1. The van der Waals surface area contributed by atoms with Gasteiger partial charge < -0.3 is 10.1 Å². The second-order valence-electron chi connectivity index (χ2n) is 6.14. The number of methoxy groups -OCH3 is 1. The van der Waals surface area contributed by atoms with E-state index < -0.39 is 5.54 Å². The van der Waals surface area contributed by atoms with Crippen LogP contribution in [0.3, 0.4) is 0 Å². The van der Waals surface area contributed by atoms with Crippen LogP contribution in [0.15, 0.2) is 28.7 Å². The minimum absolute atomic E-state index is 0.173. The van der Waals surface area contributed by atoms with Gasteiger partial charge in [-0.2, -0.15) is 0 Å². The first-order valence-corrected chi connectivity index (χ1v) is 8.22. The fourth-order valence-electron chi connectivity index (χ4n) is 3.35. The van der Waals surface area contributed by atoms with E-state index in [9.17, 15) is 4.79 Å². The van der Waals surface area contributed by atoms with Crippen LogP contribution < -0.4 is 5.32 Å². The minimum Gasteiger partial charge on any atom is -0.467 e. The lowest BCUT2D eigenvalue weighted by Gasteiger charge is -2.29. The van der Waals surface area contributed by atoms with Gasteiger partial charge in [-0.15, -0.1) is 0 Å². The summed E-state index contributed by atoms with van der Waals surface area (Å²) in [5.74, 6) is -0.173. The molecule has 4 nitrogen and oxygen atoms in total. The number of carbonyl (C=O) groups excluding carboxylic acids is 1. The maximum atomic E-state index is 12.5. The average molecular weight is 353 g/mol. The first-order valence-electron chi connectivity index (χ1n) is 7.42. The van der Waals surface area contributed by atoms with Crippen LogP contribution in [-0.4, -0.2) is 42.1 Å². The van der Waals surface area contributed by atoms with Crippen molar-refractivity contribution in [3.63, 3.8) is 0 Å². The summed E-state index contributed by atoms with van der Waals surface area (Å²) in [6.45, 7) is 2.91. The largest absolute Gasteiger partial charge is 0.467 e. The second kappa shape index (κ2) is 5.61. The number of hydrogen-bond acceptors (Lipinski definition) is 4. The van der Waals surface area contributed by atoms with Crippen molar-refractivity contribution in [3.05, 3.63) is 28.7 Å². The van der Waals surface area contributed by atoms with Crippen LogP contribution in [0.5, 0.6) is 0 Å². The molecule has 5 heteroatoms. The highest BCUT2D eigenvalue weighted by Crippen LogP contribution is 2.40. The van der Waals surface area contributed by atoms with Gasteiger partial charge in [0.2, 0.25) is 0 Å². The molecule has 2 unspecified atom stereocenters. The predicted octanol–water partition coefficient (Wildman–Crippen LogP) is 3.03. The maximum absolute atomic E-state index is 12.5. The Morgan fingerprint density at radius 1 is 1.43 bits per heavy atom. The standard InChI is InChI=1S/C16H21BrN2O2/c1-11-9-16(15(20)21-2,10-19(11)12-7-8-12)18-14-6-4-3-5-13(14)17/h3-6,11-12,18H,7-10H2,1-2H3. The van der Waals surface area contributed by atoms with E-state index in [-0.39, 0.29) is 5.97 Å². The summed E-state index contributed by atoms with van der Waals surface area (Å²) in [6, 6.07) is 8.94. The van der Waals surface area contributed by atoms with Gasteiger partial charge in [0.25, 0.3) is 0 Å². The Kier molecular flexibility index (Phi) is 3.97. The van der Waals surface area contributed by atoms with Crippen LogP contribution in [0.1, 0.15) is 26.2 Å². The molecule has 114 valence electrons. The Labute approximate surface area is 134 Å². The molecule has 0 radical (unpaired) electrons. The van der Waals surface area contributed by atoms with E-state index in [2.05, 4.69) is 33.1 Å². The molecule has 0 aromatic heterocycles. The fraction of sp³-hybridized carbons (Fsp3) is 0.562. The Hall–Kier alpha value is -1.07. The van der Waals surface area contributed by atoms with Gasteiger partial charge in [0.1, 0.15) is 5.54 Å². The number of anilines is 1. The van der Waals surface area contributed by atoms with Crippen LogP contribution in [0.2, 0.25) is 0 Å². The van der Waals surface area contributed by atoms with E-state index >= 15 is 0 Å². The topological polar surface area (TPSA) is 41.6 Å². The van der Waals surface area contributed by atoms with E-state index in [1.165, 1.54) is 20.0 Å². The lowest BCUT2D eigenvalue weighted by Crippen LogP contribution is -2.49. The molecule has 1 aromatic rings. The number of halogens is 1. The Balaban J connectivity index is 1.88. The number of benzene rings is 1. The van der Waals surface area contributed by atoms with Crippen LogP contribution in [0.4, 0.5) is 5.69 Å². The minimum atomic E-state index is -0.652. The van der Waals surface area contributed by atoms with E-state index in [0.29, 0.717) is 18.6 Å². The zero-order chi connectivity index (χ0) is 15.0. The second-order valence-corrected chi connectivity index (χ2v) is 6.99. The summed E-state index contributed by atoms with van der Waals surface area (Å²) in [5, 5.41) is 3.45. The van der Waals surface area contributed by atoms with Crippen molar-refractivity contribution < 1.29 is 9.53 Å². The molecular weight excluding hydrogens is 332 g/mol. The molecule has 0 bridgehead atoms. The van der Waals surface area contributed by atoms with Gasteiger partial charge in [0, 0.05) is 28.8 Å². The number of nitrogens with one attached hydrogen (secondary N) is 1. The van der Waals surface area contributed by atoms with Crippen molar-refractivity contribution in [2.45, 2.75) is 43.8 Å². The first-order chi connectivity index (χ1) is 10.1. The highest BCUT2D eigenvalue weighted by molar-refractivity contribution is 9.10. The van der Waals surface area contributed by atoms with E-state index in [4.69, 9.17) is 4.74 Å². The summed E-state index contributed by atoms with van der Waals surface area (Å²) >= 11 is 3.54. The van der Waals surface area contributed by atoms with Crippen LogP contribution in [0, 0.1) is 0 Å². The molecule has 21 heavy (non-hydrogen) atoms. The predicted molar refractivity (Wildman–Crippen MR) is 86.3 cm³/mol. The summed E-state index contributed by atoms with van der Waals surface area (Å²) in [4.78, 5) is 14.9. The lowest BCUT2D eigenvalue weighted by molar-refractivity contribution is -0.145. The lowest BCUT2D eigenvalue weighted by atomic mass is 9.95. The van der Waals surface area contributed by atoms with Crippen LogP contribution >= 0.6 is 15.9 Å². The van der Waals surface area contributed by atoms with Gasteiger partial charge >= 0.3 is 5.97 Å². The third-order valence-corrected chi connectivity index (χ3v) is 5.19. The molecule has 1 aromatic carbocycles. The van der Waals surface area contributed by atoms with Crippen LogP contribution in [0.25, 0.3) is 0 Å².